The summed E-state index contributed by atoms with van der Waals surface area (Å²) < 4.78 is 5.69. The van der Waals surface area contributed by atoms with Gasteiger partial charge in [0.25, 0.3) is 0 Å². The molecule has 1 nitrogen and oxygen atoms in total. The summed E-state index contributed by atoms with van der Waals surface area (Å²) >= 11 is 0. The third-order valence-corrected chi connectivity index (χ3v) is 3.53. The van der Waals surface area contributed by atoms with Crippen LogP contribution in [0.4, 0.5) is 0 Å². The zero-order valence-corrected chi connectivity index (χ0v) is 11.3. The van der Waals surface area contributed by atoms with Crippen molar-refractivity contribution in [3.05, 3.63) is 23.2 Å². The Labute approximate surface area is 101 Å². The molecule has 0 aromatic heterocycles. The van der Waals surface area contributed by atoms with Gasteiger partial charge in [-0.3, -0.25) is 0 Å². The van der Waals surface area contributed by atoms with Crippen LogP contribution in [0.25, 0.3) is 0 Å². The van der Waals surface area contributed by atoms with E-state index in [9.17, 15) is 0 Å². The maximum atomic E-state index is 5.69. The summed E-state index contributed by atoms with van der Waals surface area (Å²) in [4.78, 5) is 0. The van der Waals surface area contributed by atoms with Crippen molar-refractivity contribution in [2.45, 2.75) is 66.2 Å². The van der Waals surface area contributed by atoms with Crippen LogP contribution in [-0.4, -0.2) is 0 Å². The maximum absolute atomic E-state index is 5.69. The summed E-state index contributed by atoms with van der Waals surface area (Å²) in [6, 6.07) is 0. The first kappa shape index (κ1) is 13.3. The van der Waals surface area contributed by atoms with Crippen LogP contribution in [0.1, 0.15) is 66.2 Å². The summed E-state index contributed by atoms with van der Waals surface area (Å²) in [5.41, 5.74) is 1.51. The zero-order valence-electron chi connectivity index (χ0n) is 11.3. The van der Waals surface area contributed by atoms with Crippen LogP contribution in [0.3, 0.4) is 0 Å². The number of ether oxygens (including phenoxy) is 1. The van der Waals surface area contributed by atoms with Crippen LogP contribution in [0.5, 0.6) is 0 Å². The minimum absolute atomic E-state index is 0.848. The van der Waals surface area contributed by atoms with E-state index >= 15 is 0 Å². The van der Waals surface area contributed by atoms with Crippen LogP contribution in [-0.2, 0) is 4.74 Å². The van der Waals surface area contributed by atoms with Crippen molar-refractivity contribution < 1.29 is 4.74 Å². The summed E-state index contributed by atoms with van der Waals surface area (Å²) in [5.74, 6) is 3.05. The number of unbranched alkanes of at least 4 members (excludes halogenated alkanes) is 1. The highest BCUT2D eigenvalue weighted by Gasteiger charge is 2.14. The number of hydrogen-bond donors (Lipinski definition) is 0. The van der Waals surface area contributed by atoms with E-state index < -0.39 is 0 Å². The molecule has 0 N–H and O–H groups in total. The standard InChI is InChI=1S/C15H26O/c1-5-7-8-14(6-2)11-15-10-9-12(3)16-13(15)4/h9,14H,5-8,10-11H2,1-4H3. The lowest BCUT2D eigenvalue weighted by molar-refractivity contribution is 0.287. The van der Waals surface area contributed by atoms with E-state index in [1.54, 1.807) is 0 Å². The van der Waals surface area contributed by atoms with Gasteiger partial charge in [-0.1, -0.05) is 39.5 Å². The Bertz CT molecular complexity index is 273. The molecule has 1 heteroatoms. The van der Waals surface area contributed by atoms with E-state index in [4.69, 9.17) is 4.74 Å². The van der Waals surface area contributed by atoms with Crippen LogP contribution >= 0.6 is 0 Å². The number of hydrogen-bond acceptors (Lipinski definition) is 1. The molecule has 0 fully saturated rings. The van der Waals surface area contributed by atoms with Gasteiger partial charge in [-0.25, -0.2) is 0 Å². The highest BCUT2D eigenvalue weighted by atomic mass is 16.5. The van der Waals surface area contributed by atoms with Gasteiger partial charge in [-0.05, 0) is 44.3 Å². The summed E-state index contributed by atoms with van der Waals surface area (Å²) in [6.07, 6.45) is 9.86. The fraction of sp³-hybridized carbons (Fsp3) is 0.733. The molecule has 0 aromatic carbocycles. The molecule has 1 atom stereocenters. The smallest absolute Gasteiger partial charge is 0.1000 e. The van der Waals surface area contributed by atoms with E-state index in [0.29, 0.717) is 0 Å². The third-order valence-electron chi connectivity index (χ3n) is 3.53. The average molecular weight is 222 g/mol. The molecular weight excluding hydrogens is 196 g/mol. The number of rotatable bonds is 6. The average Bonchev–Trinajstić information content (AvgIpc) is 2.27. The molecule has 0 bridgehead atoms. The summed E-state index contributed by atoms with van der Waals surface area (Å²) in [6.45, 7) is 8.72. The molecule has 92 valence electrons. The lowest BCUT2D eigenvalue weighted by Crippen LogP contribution is -2.06. The summed E-state index contributed by atoms with van der Waals surface area (Å²) in [7, 11) is 0. The van der Waals surface area contributed by atoms with Gasteiger partial charge in [-0.2, -0.15) is 0 Å². The summed E-state index contributed by atoms with van der Waals surface area (Å²) in [5, 5.41) is 0. The fourth-order valence-electron chi connectivity index (χ4n) is 2.28. The van der Waals surface area contributed by atoms with Gasteiger partial charge in [0.05, 0.1) is 11.5 Å². The maximum Gasteiger partial charge on any atom is 0.1000 e. The minimum atomic E-state index is 0.848. The molecule has 0 aromatic rings. The molecule has 1 rings (SSSR count). The van der Waals surface area contributed by atoms with Crippen molar-refractivity contribution >= 4 is 0 Å². The molecule has 0 radical (unpaired) electrons. The first-order valence-electron chi connectivity index (χ1n) is 6.70. The first-order valence-corrected chi connectivity index (χ1v) is 6.70. The Morgan fingerprint density at radius 1 is 1.31 bits per heavy atom. The number of allylic oxidation sites excluding steroid dienone is 4. The molecule has 0 aliphatic carbocycles. The van der Waals surface area contributed by atoms with Crippen LogP contribution in [0.2, 0.25) is 0 Å². The molecule has 1 unspecified atom stereocenters. The first-order chi connectivity index (χ1) is 7.67. The van der Waals surface area contributed by atoms with Crippen LogP contribution in [0, 0.1) is 5.92 Å². The molecule has 16 heavy (non-hydrogen) atoms. The largest absolute Gasteiger partial charge is 0.467 e. The predicted molar refractivity (Wildman–Crippen MR) is 70.1 cm³/mol. The van der Waals surface area contributed by atoms with E-state index in [0.717, 1.165) is 23.9 Å². The van der Waals surface area contributed by atoms with Crippen molar-refractivity contribution in [3.8, 4) is 0 Å². The van der Waals surface area contributed by atoms with E-state index in [1.807, 2.05) is 6.92 Å². The van der Waals surface area contributed by atoms with E-state index in [1.165, 1.54) is 37.7 Å². The highest BCUT2D eigenvalue weighted by Crippen LogP contribution is 2.29. The quantitative estimate of drug-likeness (QED) is 0.601. The second kappa shape index (κ2) is 6.78. The van der Waals surface area contributed by atoms with E-state index in [-0.39, 0.29) is 0 Å². The molecule has 1 aliphatic rings. The van der Waals surface area contributed by atoms with Gasteiger partial charge < -0.3 is 4.74 Å². The van der Waals surface area contributed by atoms with Gasteiger partial charge in [0.1, 0.15) is 0 Å². The van der Waals surface area contributed by atoms with Gasteiger partial charge in [0.15, 0.2) is 0 Å². The van der Waals surface area contributed by atoms with Crippen molar-refractivity contribution in [2.75, 3.05) is 0 Å². The van der Waals surface area contributed by atoms with Crippen LogP contribution < -0.4 is 0 Å². The Kier molecular flexibility index (Phi) is 5.65. The SMILES string of the molecule is CCCCC(CC)CC1=C(C)OC(C)=CC1. The molecule has 0 amide bonds. The Morgan fingerprint density at radius 2 is 2.06 bits per heavy atom. The zero-order chi connectivity index (χ0) is 12.0. The highest BCUT2D eigenvalue weighted by molar-refractivity contribution is 5.18. The topological polar surface area (TPSA) is 9.23 Å². The third kappa shape index (κ3) is 4.03. The van der Waals surface area contributed by atoms with Crippen LogP contribution in [0.15, 0.2) is 23.2 Å². The molecule has 0 spiro atoms. The predicted octanol–water partition coefficient (Wildman–Crippen LogP) is 5.19. The van der Waals surface area contributed by atoms with E-state index in [2.05, 4.69) is 26.8 Å². The monoisotopic (exact) mass is 222 g/mol. The second-order valence-electron chi connectivity index (χ2n) is 4.90. The normalized spacial score (nSPS) is 18.1. The Morgan fingerprint density at radius 3 is 2.62 bits per heavy atom. The lowest BCUT2D eigenvalue weighted by atomic mass is 9.89. The molecule has 1 heterocycles. The Hall–Kier alpha value is -0.720. The fourth-order valence-corrected chi connectivity index (χ4v) is 2.28. The lowest BCUT2D eigenvalue weighted by Gasteiger charge is -2.21. The van der Waals surface area contributed by atoms with Crippen molar-refractivity contribution in [1.82, 2.24) is 0 Å². The molecule has 1 aliphatic heterocycles. The molecule has 0 saturated carbocycles. The van der Waals surface area contributed by atoms with Gasteiger partial charge >= 0.3 is 0 Å². The minimum Gasteiger partial charge on any atom is -0.467 e. The molecular formula is C15H26O. The van der Waals surface area contributed by atoms with Gasteiger partial charge in [0.2, 0.25) is 0 Å². The van der Waals surface area contributed by atoms with Gasteiger partial charge in [-0.15, -0.1) is 0 Å². The molecule has 0 saturated heterocycles. The Balaban J connectivity index is 2.48. The second-order valence-corrected chi connectivity index (χ2v) is 4.90. The van der Waals surface area contributed by atoms with Crippen molar-refractivity contribution in [1.29, 1.82) is 0 Å². The van der Waals surface area contributed by atoms with Crippen molar-refractivity contribution in [2.24, 2.45) is 5.92 Å². The van der Waals surface area contributed by atoms with Crippen molar-refractivity contribution in [3.63, 3.8) is 0 Å². The van der Waals surface area contributed by atoms with Gasteiger partial charge in [0, 0.05) is 0 Å².